The predicted octanol–water partition coefficient (Wildman–Crippen LogP) is 2.31. The van der Waals surface area contributed by atoms with Gasteiger partial charge >= 0.3 is 0 Å². The Bertz CT molecular complexity index is 910. The van der Waals surface area contributed by atoms with E-state index in [1.807, 2.05) is 6.07 Å². The number of methoxy groups -OCH3 is 2. The van der Waals surface area contributed by atoms with Crippen LogP contribution in [0.4, 0.5) is 5.69 Å². The minimum Gasteiger partial charge on any atom is -0.493 e. The highest BCUT2D eigenvalue weighted by Crippen LogP contribution is 2.27. The van der Waals surface area contributed by atoms with Crippen LogP contribution in [0.25, 0.3) is 0 Å². The molecular formula is C18H22N2O5S. The Morgan fingerprint density at radius 3 is 2.35 bits per heavy atom. The van der Waals surface area contributed by atoms with Crippen LogP contribution >= 0.6 is 0 Å². The zero-order chi connectivity index (χ0) is 19.3. The molecule has 140 valence electrons. The van der Waals surface area contributed by atoms with E-state index in [9.17, 15) is 13.2 Å². The van der Waals surface area contributed by atoms with E-state index in [-0.39, 0.29) is 5.91 Å². The zero-order valence-corrected chi connectivity index (χ0v) is 15.9. The number of nitrogens with one attached hydrogen (secondary N) is 2. The van der Waals surface area contributed by atoms with Crippen molar-refractivity contribution in [3.63, 3.8) is 0 Å². The summed E-state index contributed by atoms with van der Waals surface area (Å²) in [5.74, 6) is 0.878. The first-order valence-corrected chi connectivity index (χ1v) is 9.70. The molecule has 2 rings (SSSR count). The number of carbonyl (C=O) groups is 1. The van der Waals surface area contributed by atoms with Gasteiger partial charge in [0.15, 0.2) is 11.5 Å². The highest BCUT2D eigenvalue weighted by molar-refractivity contribution is 7.92. The minimum absolute atomic E-state index is 0.294. The molecule has 0 heterocycles. The molecule has 0 atom stereocenters. The highest BCUT2D eigenvalue weighted by atomic mass is 32.2. The topological polar surface area (TPSA) is 93.7 Å². The Hall–Kier alpha value is -2.74. The summed E-state index contributed by atoms with van der Waals surface area (Å²) < 4.78 is 35.7. The molecular weight excluding hydrogens is 356 g/mol. The second kappa shape index (κ2) is 8.09. The molecule has 1 amide bonds. The van der Waals surface area contributed by atoms with E-state index < -0.39 is 10.0 Å². The third-order valence-electron chi connectivity index (χ3n) is 3.70. The number of ether oxygens (including phenoxy) is 2. The van der Waals surface area contributed by atoms with Crippen molar-refractivity contribution in [2.45, 2.75) is 13.5 Å². The number of hydrogen-bond acceptors (Lipinski definition) is 5. The maximum Gasteiger partial charge on any atom is 0.251 e. The van der Waals surface area contributed by atoms with E-state index in [2.05, 4.69) is 10.0 Å². The molecule has 0 fully saturated rings. The Labute approximate surface area is 153 Å². The number of sulfonamides is 1. The summed E-state index contributed by atoms with van der Waals surface area (Å²) in [5, 5.41) is 2.80. The maximum absolute atomic E-state index is 12.4. The first kappa shape index (κ1) is 19.6. The van der Waals surface area contributed by atoms with Gasteiger partial charge in [-0.15, -0.1) is 0 Å². The van der Waals surface area contributed by atoms with Crippen molar-refractivity contribution in [1.29, 1.82) is 0 Å². The second-order valence-electron chi connectivity index (χ2n) is 5.78. The van der Waals surface area contributed by atoms with E-state index in [0.29, 0.717) is 29.3 Å². The first-order chi connectivity index (χ1) is 12.2. The molecule has 0 saturated carbocycles. The Morgan fingerprint density at radius 2 is 1.73 bits per heavy atom. The average molecular weight is 378 g/mol. The van der Waals surface area contributed by atoms with Gasteiger partial charge < -0.3 is 14.8 Å². The molecule has 0 aromatic heterocycles. The molecule has 26 heavy (non-hydrogen) atoms. The number of aryl methyl sites for hydroxylation is 1. The van der Waals surface area contributed by atoms with Gasteiger partial charge in [-0.2, -0.15) is 0 Å². The lowest BCUT2D eigenvalue weighted by atomic mass is 10.1. The van der Waals surface area contributed by atoms with E-state index >= 15 is 0 Å². The lowest BCUT2D eigenvalue weighted by Gasteiger charge is -2.12. The van der Waals surface area contributed by atoms with Crippen LogP contribution < -0.4 is 19.5 Å². The fourth-order valence-electron chi connectivity index (χ4n) is 2.35. The van der Waals surface area contributed by atoms with Crippen LogP contribution in [0.2, 0.25) is 0 Å². The molecule has 7 nitrogen and oxygen atoms in total. The monoisotopic (exact) mass is 378 g/mol. The number of anilines is 1. The zero-order valence-electron chi connectivity index (χ0n) is 15.1. The van der Waals surface area contributed by atoms with Crippen LogP contribution in [0, 0.1) is 6.92 Å². The maximum atomic E-state index is 12.4. The molecule has 0 spiro atoms. The Kier molecular flexibility index (Phi) is 6.10. The Balaban J connectivity index is 2.12. The molecule has 0 aliphatic rings. The van der Waals surface area contributed by atoms with Crippen molar-refractivity contribution in [3.05, 3.63) is 53.1 Å². The van der Waals surface area contributed by atoms with Crippen LogP contribution in [-0.4, -0.2) is 34.8 Å². The summed E-state index contributed by atoms with van der Waals surface area (Å²) in [7, 11) is -0.320. The van der Waals surface area contributed by atoms with E-state index in [1.54, 1.807) is 45.4 Å². The van der Waals surface area contributed by atoms with Gasteiger partial charge in [0, 0.05) is 12.1 Å². The molecule has 0 aliphatic heterocycles. The van der Waals surface area contributed by atoms with E-state index in [1.165, 1.54) is 6.07 Å². The van der Waals surface area contributed by atoms with Gasteiger partial charge in [0.25, 0.3) is 5.91 Å². The van der Waals surface area contributed by atoms with Gasteiger partial charge in [0.2, 0.25) is 10.0 Å². The van der Waals surface area contributed by atoms with Gasteiger partial charge in [-0.05, 0) is 42.3 Å². The summed E-state index contributed by atoms with van der Waals surface area (Å²) in [6.07, 6.45) is 1.07. The van der Waals surface area contributed by atoms with Crippen LogP contribution in [0.3, 0.4) is 0 Å². The second-order valence-corrected chi connectivity index (χ2v) is 7.52. The van der Waals surface area contributed by atoms with Gasteiger partial charge in [-0.3, -0.25) is 9.52 Å². The van der Waals surface area contributed by atoms with E-state index in [0.717, 1.165) is 17.4 Å². The standard InChI is InChI=1S/C18H22N2O5S/c1-12-5-7-14(10-15(12)20-26(4,22)23)18(21)19-11-13-6-8-16(24-2)17(9-13)25-3/h5-10,20H,11H2,1-4H3,(H,19,21). The van der Waals surface area contributed by atoms with Gasteiger partial charge in [-0.25, -0.2) is 8.42 Å². The van der Waals surface area contributed by atoms with Gasteiger partial charge in [-0.1, -0.05) is 12.1 Å². The minimum atomic E-state index is -3.42. The third-order valence-corrected chi connectivity index (χ3v) is 4.29. The molecule has 0 unspecified atom stereocenters. The van der Waals surface area contributed by atoms with Crippen molar-refractivity contribution >= 4 is 21.6 Å². The summed E-state index contributed by atoms with van der Waals surface area (Å²) in [6.45, 7) is 2.06. The van der Waals surface area contributed by atoms with Crippen LogP contribution in [0.1, 0.15) is 21.5 Å². The molecule has 8 heteroatoms. The summed E-state index contributed by atoms with van der Waals surface area (Å²) >= 11 is 0. The van der Waals surface area contributed by atoms with Crippen molar-refractivity contribution < 1.29 is 22.7 Å². The lowest BCUT2D eigenvalue weighted by molar-refractivity contribution is 0.0951. The number of amides is 1. The number of rotatable bonds is 7. The lowest BCUT2D eigenvalue weighted by Crippen LogP contribution is -2.23. The van der Waals surface area contributed by atoms with Crippen LogP contribution in [-0.2, 0) is 16.6 Å². The number of carbonyl (C=O) groups excluding carboxylic acids is 1. The summed E-state index contributed by atoms with van der Waals surface area (Å²) in [6, 6.07) is 10.2. The van der Waals surface area contributed by atoms with Crippen LogP contribution in [0.15, 0.2) is 36.4 Å². The first-order valence-electron chi connectivity index (χ1n) is 7.81. The van der Waals surface area contributed by atoms with Crippen molar-refractivity contribution in [1.82, 2.24) is 5.32 Å². The highest BCUT2D eigenvalue weighted by Gasteiger charge is 2.11. The summed E-state index contributed by atoms with van der Waals surface area (Å²) in [5.41, 5.74) is 2.32. The average Bonchev–Trinajstić information content (AvgIpc) is 2.60. The van der Waals surface area contributed by atoms with Gasteiger partial charge in [0.05, 0.1) is 26.2 Å². The van der Waals surface area contributed by atoms with Crippen LogP contribution in [0.5, 0.6) is 11.5 Å². The third kappa shape index (κ3) is 5.13. The quantitative estimate of drug-likeness (QED) is 0.771. The van der Waals surface area contributed by atoms with Crippen molar-refractivity contribution in [2.24, 2.45) is 0 Å². The summed E-state index contributed by atoms with van der Waals surface area (Å²) in [4.78, 5) is 12.4. The fraction of sp³-hybridized carbons (Fsp3) is 0.278. The Morgan fingerprint density at radius 1 is 1.04 bits per heavy atom. The number of benzene rings is 2. The smallest absolute Gasteiger partial charge is 0.251 e. The molecule has 0 aliphatic carbocycles. The molecule has 2 aromatic rings. The molecule has 2 aromatic carbocycles. The predicted molar refractivity (Wildman–Crippen MR) is 100 cm³/mol. The molecule has 2 N–H and O–H groups in total. The fourth-order valence-corrected chi connectivity index (χ4v) is 2.97. The molecule has 0 saturated heterocycles. The molecule has 0 bridgehead atoms. The van der Waals surface area contributed by atoms with Crippen molar-refractivity contribution in [2.75, 3.05) is 25.2 Å². The number of hydrogen-bond donors (Lipinski definition) is 2. The van der Waals surface area contributed by atoms with Gasteiger partial charge in [0.1, 0.15) is 0 Å². The van der Waals surface area contributed by atoms with Crippen molar-refractivity contribution in [3.8, 4) is 11.5 Å². The molecule has 0 radical (unpaired) electrons. The SMILES string of the molecule is COc1ccc(CNC(=O)c2ccc(C)c(NS(C)(=O)=O)c2)cc1OC. The van der Waals surface area contributed by atoms with E-state index in [4.69, 9.17) is 9.47 Å². The normalized spacial score (nSPS) is 10.9. The largest absolute Gasteiger partial charge is 0.493 e.